The predicted molar refractivity (Wildman–Crippen MR) is 140 cm³/mol. The number of nitro benzene ring substituents is 1. The number of aromatic nitrogens is 2. The van der Waals surface area contributed by atoms with Gasteiger partial charge in [-0.3, -0.25) is 14.9 Å². The van der Waals surface area contributed by atoms with Crippen molar-refractivity contribution in [3.63, 3.8) is 0 Å². The minimum Gasteiger partial charge on any atom is -0.487 e. The summed E-state index contributed by atoms with van der Waals surface area (Å²) < 4.78 is 7.87. The third-order valence-corrected chi connectivity index (χ3v) is 5.96. The number of halogens is 2. The summed E-state index contributed by atoms with van der Waals surface area (Å²) in [6.07, 6.45) is 2.98. The molecule has 0 aliphatic carbocycles. The van der Waals surface area contributed by atoms with E-state index in [-0.39, 0.29) is 17.9 Å². The molecule has 0 radical (unpaired) electrons. The molecular formula is C25H20BrClN4O4. The zero-order valence-electron chi connectivity index (χ0n) is 18.6. The first kappa shape index (κ1) is 24.6. The lowest BCUT2D eigenvalue weighted by Gasteiger charge is -2.10. The van der Waals surface area contributed by atoms with Crippen LogP contribution in [0.25, 0.3) is 10.9 Å². The molecule has 0 amide bonds. The SMILES string of the molecule is CCCc1nc2ccc(Br)cc2c(=O)n1N=Cc1ccc(OCc2ccc([N+](=O)[O-])cc2)c(Cl)c1. The van der Waals surface area contributed by atoms with Crippen molar-refractivity contribution in [1.82, 2.24) is 9.66 Å². The molecule has 10 heteroatoms. The molecule has 1 aromatic heterocycles. The Labute approximate surface area is 214 Å². The van der Waals surface area contributed by atoms with Gasteiger partial charge in [0.15, 0.2) is 0 Å². The van der Waals surface area contributed by atoms with Gasteiger partial charge in [-0.1, -0.05) is 34.5 Å². The maximum atomic E-state index is 13.1. The van der Waals surface area contributed by atoms with Crippen molar-refractivity contribution in [2.75, 3.05) is 0 Å². The number of ether oxygens (including phenoxy) is 1. The van der Waals surface area contributed by atoms with Gasteiger partial charge in [0, 0.05) is 23.0 Å². The molecule has 178 valence electrons. The number of fused-ring (bicyclic) bond motifs is 1. The molecule has 4 rings (SSSR count). The van der Waals surface area contributed by atoms with Gasteiger partial charge in [0.2, 0.25) is 0 Å². The predicted octanol–water partition coefficient (Wildman–Crippen LogP) is 6.13. The lowest BCUT2D eigenvalue weighted by Crippen LogP contribution is -2.22. The van der Waals surface area contributed by atoms with E-state index < -0.39 is 4.92 Å². The van der Waals surface area contributed by atoms with Crippen LogP contribution < -0.4 is 10.3 Å². The Morgan fingerprint density at radius 2 is 1.94 bits per heavy atom. The summed E-state index contributed by atoms with van der Waals surface area (Å²) in [5, 5.41) is 16.0. The standard InChI is InChI=1S/C25H20BrClN4O4/c1-2-3-24-29-22-10-7-18(26)13-20(22)25(32)30(24)28-14-17-6-11-23(21(27)12-17)35-15-16-4-8-19(9-5-16)31(33)34/h4-14H,2-3,15H2,1H3. The molecule has 0 saturated carbocycles. The maximum Gasteiger partial charge on any atom is 0.282 e. The first-order chi connectivity index (χ1) is 16.9. The van der Waals surface area contributed by atoms with Gasteiger partial charge in [-0.05, 0) is 66.1 Å². The number of nitro groups is 1. The van der Waals surface area contributed by atoms with Crippen LogP contribution in [0, 0.1) is 10.1 Å². The smallest absolute Gasteiger partial charge is 0.282 e. The number of hydrogen-bond donors (Lipinski definition) is 0. The average molecular weight is 556 g/mol. The van der Waals surface area contributed by atoms with Gasteiger partial charge in [0.25, 0.3) is 11.2 Å². The number of rotatable bonds is 8. The van der Waals surface area contributed by atoms with E-state index in [9.17, 15) is 14.9 Å². The van der Waals surface area contributed by atoms with E-state index >= 15 is 0 Å². The van der Waals surface area contributed by atoms with Crippen LogP contribution in [0.4, 0.5) is 5.69 Å². The van der Waals surface area contributed by atoms with Crippen LogP contribution in [0.2, 0.25) is 5.02 Å². The van der Waals surface area contributed by atoms with Gasteiger partial charge in [-0.15, -0.1) is 0 Å². The molecular weight excluding hydrogens is 536 g/mol. The first-order valence-corrected chi connectivity index (χ1v) is 11.9. The number of non-ortho nitro benzene ring substituents is 1. The fourth-order valence-electron chi connectivity index (χ4n) is 3.41. The summed E-state index contributed by atoms with van der Waals surface area (Å²) in [6.45, 7) is 2.22. The second-order valence-electron chi connectivity index (χ2n) is 7.70. The molecule has 35 heavy (non-hydrogen) atoms. The highest BCUT2D eigenvalue weighted by Gasteiger charge is 2.11. The van der Waals surface area contributed by atoms with Crippen LogP contribution in [0.3, 0.4) is 0 Å². The second-order valence-corrected chi connectivity index (χ2v) is 9.03. The zero-order chi connectivity index (χ0) is 24.9. The van der Waals surface area contributed by atoms with Crippen LogP contribution in [-0.2, 0) is 13.0 Å². The maximum absolute atomic E-state index is 13.1. The molecule has 0 spiro atoms. The second kappa shape index (κ2) is 10.8. The van der Waals surface area contributed by atoms with Crippen molar-refractivity contribution >= 4 is 50.3 Å². The highest BCUT2D eigenvalue weighted by atomic mass is 79.9. The summed E-state index contributed by atoms with van der Waals surface area (Å²) in [6, 6.07) is 16.7. The fraction of sp³-hybridized carbons (Fsp3) is 0.160. The van der Waals surface area contributed by atoms with Crippen molar-refractivity contribution in [1.29, 1.82) is 0 Å². The van der Waals surface area contributed by atoms with Crippen molar-refractivity contribution in [3.05, 3.63) is 108 Å². The Hall–Kier alpha value is -3.56. The van der Waals surface area contributed by atoms with Gasteiger partial charge in [-0.2, -0.15) is 9.78 Å². The molecule has 0 bridgehead atoms. The van der Waals surface area contributed by atoms with Crippen LogP contribution in [0.1, 0.15) is 30.3 Å². The van der Waals surface area contributed by atoms with Crippen molar-refractivity contribution in [2.45, 2.75) is 26.4 Å². The minimum atomic E-state index is -0.450. The molecule has 0 aliphatic heterocycles. The van der Waals surface area contributed by atoms with Gasteiger partial charge in [-0.25, -0.2) is 4.98 Å². The monoisotopic (exact) mass is 554 g/mol. The molecule has 3 aromatic carbocycles. The Kier molecular flexibility index (Phi) is 7.57. The minimum absolute atomic E-state index is 0.0193. The molecule has 0 N–H and O–H groups in total. The summed E-state index contributed by atoms with van der Waals surface area (Å²) in [5.41, 5.74) is 1.86. The largest absolute Gasteiger partial charge is 0.487 e. The number of hydrogen-bond acceptors (Lipinski definition) is 6. The number of aryl methyl sites for hydroxylation is 1. The molecule has 0 atom stereocenters. The zero-order valence-corrected chi connectivity index (χ0v) is 21.0. The van der Waals surface area contributed by atoms with Crippen molar-refractivity contribution < 1.29 is 9.66 Å². The van der Waals surface area contributed by atoms with Crippen LogP contribution >= 0.6 is 27.5 Å². The summed E-state index contributed by atoms with van der Waals surface area (Å²) in [5.74, 6) is 1.04. The van der Waals surface area contributed by atoms with Gasteiger partial charge >= 0.3 is 0 Å². The van der Waals surface area contributed by atoms with Crippen LogP contribution in [0.15, 0.2) is 75.0 Å². The van der Waals surface area contributed by atoms with Gasteiger partial charge < -0.3 is 4.74 Å². The van der Waals surface area contributed by atoms with Crippen LogP contribution in [0.5, 0.6) is 5.75 Å². The van der Waals surface area contributed by atoms with Crippen molar-refractivity contribution in [3.8, 4) is 5.75 Å². The quantitative estimate of drug-likeness (QED) is 0.148. The molecule has 0 aliphatic rings. The number of benzene rings is 3. The third-order valence-electron chi connectivity index (χ3n) is 5.17. The Morgan fingerprint density at radius 1 is 1.17 bits per heavy atom. The van der Waals surface area contributed by atoms with E-state index in [0.717, 1.165) is 16.5 Å². The van der Waals surface area contributed by atoms with E-state index in [4.69, 9.17) is 16.3 Å². The molecule has 8 nitrogen and oxygen atoms in total. The van der Waals surface area contributed by atoms with E-state index in [1.54, 1.807) is 42.6 Å². The Balaban J connectivity index is 1.55. The summed E-state index contributed by atoms with van der Waals surface area (Å²) in [4.78, 5) is 28.1. The number of nitrogens with zero attached hydrogens (tertiary/aromatic N) is 4. The van der Waals surface area contributed by atoms with Gasteiger partial charge in [0.1, 0.15) is 18.2 Å². The fourth-order valence-corrected chi connectivity index (χ4v) is 4.02. The highest BCUT2D eigenvalue weighted by Crippen LogP contribution is 2.26. The average Bonchev–Trinajstić information content (AvgIpc) is 2.84. The van der Waals surface area contributed by atoms with Crippen LogP contribution in [-0.4, -0.2) is 20.8 Å². The molecule has 0 saturated heterocycles. The van der Waals surface area contributed by atoms with Gasteiger partial charge in [0.05, 0.1) is 27.1 Å². The topological polar surface area (TPSA) is 99.6 Å². The molecule has 0 fully saturated rings. The summed E-state index contributed by atoms with van der Waals surface area (Å²) in [7, 11) is 0. The Morgan fingerprint density at radius 3 is 2.63 bits per heavy atom. The molecule has 0 unspecified atom stereocenters. The highest BCUT2D eigenvalue weighted by molar-refractivity contribution is 9.10. The van der Waals surface area contributed by atoms with E-state index in [2.05, 4.69) is 26.0 Å². The van der Waals surface area contributed by atoms with E-state index in [1.165, 1.54) is 16.8 Å². The Bertz CT molecular complexity index is 1490. The first-order valence-electron chi connectivity index (χ1n) is 10.8. The lowest BCUT2D eigenvalue weighted by atomic mass is 10.2. The van der Waals surface area contributed by atoms with Crippen molar-refractivity contribution in [2.24, 2.45) is 5.10 Å². The normalized spacial score (nSPS) is 11.3. The molecule has 1 heterocycles. The van der Waals surface area contributed by atoms with E-state index in [0.29, 0.717) is 39.5 Å². The van der Waals surface area contributed by atoms with E-state index in [1.807, 2.05) is 19.1 Å². The summed E-state index contributed by atoms with van der Waals surface area (Å²) >= 11 is 9.79. The third kappa shape index (κ3) is 5.75. The lowest BCUT2D eigenvalue weighted by molar-refractivity contribution is -0.384. The molecule has 4 aromatic rings.